The molecule has 212 valence electrons. The first kappa shape index (κ1) is 28.9. The number of hydrogen-bond acceptors (Lipinski definition) is 6. The third-order valence-electron chi connectivity index (χ3n) is 11.7. The molecule has 0 saturated heterocycles. The first-order valence-corrected chi connectivity index (χ1v) is 15.1. The third kappa shape index (κ3) is 5.76. The number of aliphatic hydroxyl groups excluding tert-OH is 1. The van der Waals surface area contributed by atoms with Gasteiger partial charge in [-0.3, -0.25) is 9.59 Å². The van der Waals surface area contributed by atoms with Gasteiger partial charge in [-0.25, -0.2) is 0 Å². The van der Waals surface area contributed by atoms with Crippen molar-refractivity contribution >= 4 is 11.9 Å². The lowest BCUT2D eigenvalue weighted by atomic mass is 9.43. The van der Waals surface area contributed by atoms with Crippen molar-refractivity contribution in [3.05, 3.63) is 0 Å². The van der Waals surface area contributed by atoms with E-state index in [-0.39, 0.29) is 35.0 Å². The summed E-state index contributed by atoms with van der Waals surface area (Å²) >= 11 is 0. The number of aliphatic hydroxyl groups is 1. The van der Waals surface area contributed by atoms with Crippen LogP contribution in [0.4, 0.5) is 0 Å². The van der Waals surface area contributed by atoms with Gasteiger partial charge in [0.15, 0.2) is 0 Å². The number of methoxy groups -OCH3 is 1. The highest BCUT2D eigenvalue weighted by atomic mass is 16.5. The van der Waals surface area contributed by atoms with Gasteiger partial charge in [0, 0.05) is 12.8 Å². The van der Waals surface area contributed by atoms with Gasteiger partial charge in [0.05, 0.1) is 13.2 Å². The number of nitrogens with zero attached hydrogens (tertiary/aromatic N) is 1. The van der Waals surface area contributed by atoms with Crippen molar-refractivity contribution in [2.24, 2.45) is 46.3 Å². The molecule has 10 atom stereocenters. The van der Waals surface area contributed by atoms with E-state index in [4.69, 9.17) is 9.47 Å². The molecule has 4 aliphatic rings. The van der Waals surface area contributed by atoms with Gasteiger partial charge in [0.1, 0.15) is 6.10 Å². The minimum atomic E-state index is -0.258. The van der Waals surface area contributed by atoms with E-state index in [1.165, 1.54) is 32.8 Å². The maximum atomic E-state index is 12.5. The van der Waals surface area contributed by atoms with Crippen molar-refractivity contribution in [2.75, 3.05) is 27.7 Å². The molecule has 4 aliphatic carbocycles. The second kappa shape index (κ2) is 11.5. The van der Waals surface area contributed by atoms with Crippen LogP contribution in [0.25, 0.3) is 0 Å². The smallest absolute Gasteiger partial charge is 0.306 e. The van der Waals surface area contributed by atoms with Crippen LogP contribution in [0, 0.1) is 46.3 Å². The first-order valence-electron chi connectivity index (χ1n) is 15.1. The van der Waals surface area contributed by atoms with Gasteiger partial charge >= 0.3 is 11.9 Å². The summed E-state index contributed by atoms with van der Waals surface area (Å²) < 4.78 is 10.8. The van der Waals surface area contributed by atoms with Crippen LogP contribution in [0.15, 0.2) is 0 Å². The van der Waals surface area contributed by atoms with Crippen LogP contribution in [0.3, 0.4) is 0 Å². The summed E-state index contributed by atoms with van der Waals surface area (Å²) in [5, 5.41) is 11.6. The second-order valence-corrected chi connectivity index (χ2v) is 13.9. The van der Waals surface area contributed by atoms with E-state index in [9.17, 15) is 14.7 Å². The van der Waals surface area contributed by atoms with E-state index in [2.05, 4.69) is 25.7 Å². The number of carbonyl (C=O) groups is 2. The van der Waals surface area contributed by atoms with E-state index in [1.54, 1.807) is 0 Å². The molecule has 0 aromatic heterocycles. The van der Waals surface area contributed by atoms with E-state index < -0.39 is 0 Å². The third-order valence-corrected chi connectivity index (χ3v) is 11.7. The normalized spacial score (nSPS) is 41.9. The zero-order valence-electron chi connectivity index (χ0n) is 24.3. The fraction of sp³-hybridized carbons (Fsp3) is 0.935. The summed E-state index contributed by atoms with van der Waals surface area (Å²) in [5.41, 5.74) is 0.480. The zero-order chi connectivity index (χ0) is 27.0. The topological polar surface area (TPSA) is 76.1 Å². The van der Waals surface area contributed by atoms with Gasteiger partial charge in [-0.15, -0.1) is 0 Å². The minimum absolute atomic E-state index is 0.00839. The van der Waals surface area contributed by atoms with Crippen LogP contribution >= 0.6 is 0 Å². The van der Waals surface area contributed by atoms with Crippen molar-refractivity contribution in [1.29, 1.82) is 0 Å². The second-order valence-electron chi connectivity index (χ2n) is 13.9. The summed E-state index contributed by atoms with van der Waals surface area (Å²) in [6, 6.07) is 0. The molecule has 0 spiro atoms. The monoisotopic (exact) mass is 519 g/mol. The fourth-order valence-corrected chi connectivity index (χ4v) is 9.70. The summed E-state index contributed by atoms with van der Waals surface area (Å²) in [5.74, 6) is 2.88. The van der Waals surface area contributed by atoms with E-state index in [0.29, 0.717) is 48.3 Å². The molecule has 4 saturated carbocycles. The van der Waals surface area contributed by atoms with Gasteiger partial charge in [-0.1, -0.05) is 20.8 Å². The first-order chi connectivity index (χ1) is 17.5. The van der Waals surface area contributed by atoms with Crippen LogP contribution in [0.5, 0.6) is 0 Å². The average molecular weight is 520 g/mol. The van der Waals surface area contributed by atoms with Gasteiger partial charge in [0.2, 0.25) is 0 Å². The van der Waals surface area contributed by atoms with Crippen LogP contribution in [0.2, 0.25) is 0 Å². The largest absolute Gasteiger partial charge is 0.469 e. The lowest BCUT2D eigenvalue weighted by molar-refractivity contribution is -0.183. The maximum absolute atomic E-state index is 12.5. The van der Waals surface area contributed by atoms with E-state index >= 15 is 0 Å². The molecule has 4 fully saturated rings. The molecule has 6 heteroatoms. The van der Waals surface area contributed by atoms with Crippen LogP contribution in [-0.4, -0.2) is 61.9 Å². The van der Waals surface area contributed by atoms with Crippen molar-refractivity contribution in [1.82, 2.24) is 4.90 Å². The molecular weight excluding hydrogens is 466 g/mol. The van der Waals surface area contributed by atoms with Crippen molar-refractivity contribution in [3.63, 3.8) is 0 Å². The summed E-state index contributed by atoms with van der Waals surface area (Å²) in [6.45, 7) is 8.21. The van der Waals surface area contributed by atoms with Crippen molar-refractivity contribution < 1.29 is 24.2 Å². The van der Waals surface area contributed by atoms with E-state index in [0.717, 1.165) is 45.1 Å². The highest BCUT2D eigenvalue weighted by Gasteiger charge is 2.63. The molecule has 37 heavy (non-hydrogen) atoms. The molecular formula is C31H53NO5. The minimum Gasteiger partial charge on any atom is -0.469 e. The Hall–Kier alpha value is -1.14. The number of fused-ring (bicyclic) bond motifs is 5. The molecule has 4 rings (SSSR count). The number of esters is 2. The van der Waals surface area contributed by atoms with Gasteiger partial charge in [-0.05, 0) is 131 Å². The van der Waals surface area contributed by atoms with E-state index in [1.807, 2.05) is 14.1 Å². The molecule has 0 heterocycles. The Labute approximate surface area is 225 Å². The SMILES string of the molecule is COC(=O)CC[C@@H](C)[C@H]1CC[C@H]2[C@@H]3[C@@H](O)C[C@@H]4C[C@H](OC(=O)CCCN(C)C)CC[C@]4(C)[C@H]3CC[C@]12C. The number of carbonyl (C=O) groups excluding carboxylic acids is 2. The Morgan fingerprint density at radius 2 is 1.68 bits per heavy atom. The zero-order valence-corrected chi connectivity index (χ0v) is 24.3. The molecule has 0 amide bonds. The Bertz CT molecular complexity index is 815. The molecule has 0 aromatic carbocycles. The standard InChI is InChI=1S/C31H53NO5/c1-20(9-12-27(34)36-6)23-10-11-24-29-25(14-16-31(23,24)3)30(2)15-13-22(18-21(30)19-26(29)33)37-28(35)8-7-17-32(4)5/h20-26,29,33H,7-19H2,1-6H3/t20-,21+,22-,23-,24+,25+,26+,29+,30+,31-/m1/s1. The summed E-state index contributed by atoms with van der Waals surface area (Å²) in [4.78, 5) is 26.3. The maximum Gasteiger partial charge on any atom is 0.306 e. The highest BCUT2D eigenvalue weighted by molar-refractivity contribution is 5.69. The number of rotatable bonds is 9. The predicted molar refractivity (Wildman–Crippen MR) is 145 cm³/mol. The average Bonchev–Trinajstić information content (AvgIpc) is 3.20. The Morgan fingerprint density at radius 1 is 0.973 bits per heavy atom. The highest BCUT2D eigenvalue weighted by Crippen LogP contribution is 2.68. The van der Waals surface area contributed by atoms with Crippen LogP contribution in [-0.2, 0) is 19.1 Å². The Morgan fingerprint density at radius 3 is 2.38 bits per heavy atom. The lowest BCUT2D eigenvalue weighted by Crippen LogP contribution is -2.58. The lowest BCUT2D eigenvalue weighted by Gasteiger charge is -2.62. The molecule has 0 aliphatic heterocycles. The molecule has 0 unspecified atom stereocenters. The van der Waals surface area contributed by atoms with Gasteiger partial charge in [-0.2, -0.15) is 0 Å². The van der Waals surface area contributed by atoms with Crippen LogP contribution in [0.1, 0.15) is 97.8 Å². The van der Waals surface area contributed by atoms with Crippen LogP contribution < -0.4 is 0 Å². The molecule has 0 radical (unpaired) electrons. The molecule has 1 N–H and O–H groups in total. The molecule has 6 nitrogen and oxygen atoms in total. The number of hydrogen-bond donors (Lipinski definition) is 1. The molecule has 0 aromatic rings. The quantitative estimate of drug-likeness (QED) is 0.408. The summed E-state index contributed by atoms with van der Waals surface area (Å²) in [6.07, 6.45) is 11.1. The van der Waals surface area contributed by atoms with Crippen molar-refractivity contribution in [2.45, 2.75) is 110 Å². The predicted octanol–water partition coefficient (Wildman–Crippen LogP) is 5.46. The van der Waals surface area contributed by atoms with Gasteiger partial charge in [0.25, 0.3) is 0 Å². The Balaban J connectivity index is 1.39. The fourth-order valence-electron chi connectivity index (χ4n) is 9.70. The molecule has 0 bridgehead atoms. The van der Waals surface area contributed by atoms with Gasteiger partial charge < -0.3 is 19.5 Å². The summed E-state index contributed by atoms with van der Waals surface area (Å²) in [7, 11) is 5.53. The number of ether oxygens (including phenoxy) is 2. The van der Waals surface area contributed by atoms with Crippen molar-refractivity contribution in [3.8, 4) is 0 Å². The Kier molecular flexibility index (Phi) is 9.00.